The summed E-state index contributed by atoms with van der Waals surface area (Å²) in [6, 6.07) is 17.1. The van der Waals surface area contributed by atoms with E-state index in [0.717, 1.165) is 16.1 Å². The van der Waals surface area contributed by atoms with Crippen molar-refractivity contribution in [3.8, 4) is 11.4 Å². The Balaban J connectivity index is 1.31. The highest BCUT2D eigenvalue weighted by atomic mass is 32.2. The Morgan fingerprint density at radius 3 is 2.79 bits per heavy atom. The number of anilines is 1. The molecule has 0 saturated heterocycles. The number of esters is 1. The summed E-state index contributed by atoms with van der Waals surface area (Å²) in [6.45, 7) is 0.174. The van der Waals surface area contributed by atoms with E-state index in [0.29, 0.717) is 11.6 Å². The van der Waals surface area contributed by atoms with Gasteiger partial charge in [-0.1, -0.05) is 47.6 Å². The zero-order chi connectivity index (χ0) is 19.3. The van der Waals surface area contributed by atoms with Crippen LogP contribution in [0.3, 0.4) is 0 Å². The average molecular weight is 395 g/mol. The van der Waals surface area contributed by atoms with Crippen LogP contribution in [-0.2, 0) is 20.9 Å². The van der Waals surface area contributed by atoms with Crippen molar-refractivity contribution in [1.82, 2.24) is 10.1 Å². The van der Waals surface area contributed by atoms with Crippen molar-refractivity contribution < 1.29 is 18.8 Å². The lowest BCUT2D eigenvalue weighted by Crippen LogP contribution is -2.37. The van der Waals surface area contributed by atoms with Gasteiger partial charge in [-0.15, -0.1) is 11.8 Å². The zero-order valence-electron chi connectivity index (χ0n) is 14.9. The predicted octanol–water partition coefficient (Wildman–Crippen LogP) is 3.31. The third kappa shape index (κ3) is 4.07. The summed E-state index contributed by atoms with van der Waals surface area (Å²) in [4.78, 5) is 31.2. The molecule has 0 aliphatic carbocycles. The highest BCUT2D eigenvalue weighted by Gasteiger charge is 2.25. The first-order valence-corrected chi connectivity index (χ1v) is 9.75. The number of hydrogen-bond donors (Lipinski definition) is 0. The van der Waals surface area contributed by atoms with Crippen LogP contribution < -0.4 is 4.90 Å². The molecule has 0 unspecified atom stereocenters. The predicted molar refractivity (Wildman–Crippen MR) is 104 cm³/mol. The van der Waals surface area contributed by atoms with Crippen LogP contribution in [0.1, 0.15) is 12.3 Å². The smallest absolute Gasteiger partial charge is 0.308 e. The van der Waals surface area contributed by atoms with Crippen molar-refractivity contribution in [2.45, 2.75) is 17.9 Å². The molecule has 0 spiro atoms. The zero-order valence-corrected chi connectivity index (χ0v) is 15.7. The second-order valence-corrected chi connectivity index (χ2v) is 7.11. The van der Waals surface area contributed by atoms with Gasteiger partial charge in [0.25, 0.3) is 5.89 Å². The van der Waals surface area contributed by atoms with Gasteiger partial charge >= 0.3 is 5.97 Å². The lowest BCUT2D eigenvalue weighted by Gasteiger charge is -2.28. The van der Waals surface area contributed by atoms with Crippen molar-refractivity contribution >= 4 is 29.3 Å². The molecule has 1 aliphatic heterocycles. The quantitative estimate of drug-likeness (QED) is 0.592. The number of hydrogen-bond acceptors (Lipinski definition) is 7. The molecule has 8 heteroatoms. The molecule has 2 aromatic carbocycles. The molecular weight excluding hydrogens is 378 g/mol. The lowest BCUT2D eigenvalue weighted by atomic mass is 10.2. The number of aromatic nitrogens is 2. The Kier molecular flexibility index (Phi) is 5.38. The van der Waals surface area contributed by atoms with Crippen molar-refractivity contribution in [2.24, 2.45) is 0 Å². The fraction of sp³-hybridized carbons (Fsp3) is 0.200. The van der Waals surface area contributed by atoms with E-state index < -0.39 is 5.97 Å². The summed E-state index contributed by atoms with van der Waals surface area (Å²) >= 11 is 1.51. The van der Waals surface area contributed by atoms with E-state index in [-0.39, 0.29) is 31.4 Å². The summed E-state index contributed by atoms with van der Waals surface area (Å²) in [6.07, 6.45) is 0.0877. The highest BCUT2D eigenvalue weighted by molar-refractivity contribution is 8.00. The lowest BCUT2D eigenvalue weighted by molar-refractivity contribution is -0.145. The van der Waals surface area contributed by atoms with E-state index >= 15 is 0 Å². The molecule has 142 valence electrons. The van der Waals surface area contributed by atoms with E-state index in [1.807, 2.05) is 54.6 Å². The molecule has 0 N–H and O–H groups in total. The van der Waals surface area contributed by atoms with Crippen LogP contribution in [0.15, 0.2) is 64.0 Å². The van der Waals surface area contributed by atoms with Gasteiger partial charge in [-0.05, 0) is 12.1 Å². The van der Waals surface area contributed by atoms with Crippen molar-refractivity contribution in [3.63, 3.8) is 0 Å². The van der Waals surface area contributed by atoms with Gasteiger partial charge < -0.3 is 14.2 Å². The maximum Gasteiger partial charge on any atom is 0.308 e. The molecule has 1 aromatic heterocycles. The van der Waals surface area contributed by atoms with Gasteiger partial charge in [-0.3, -0.25) is 9.59 Å². The maximum atomic E-state index is 12.2. The normalized spacial score (nSPS) is 13.3. The monoisotopic (exact) mass is 395 g/mol. The molecule has 0 saturated carbocycles. The minimum atomic E-state index is -0.428. The summed E-state index contributed by atoms with van der Waals surface area (Å²) in [7, 11) is 0. The van der Waals surface area contributed by atoms with Crippen LogP contribution in [0.4, 0.5) is 5.69 Å². The van der Waals surface area contributed by atoms with Crippen LogP contribution in [0.2, 0.25) is 0 Å². The third-order valence-electron chi connectivity index (χ3n) is 4.20. The highest BCUT2D eigenvalue weighted by Crippen LogP contribution is 2.34. The maximum absolute atomic E-state index is 12.2. The van der Waals surface area contributed by atoms with Crippen molar-refractivity contribution in [1.29, 1.82) is 0 Å². The van der Waals surface area contributed by atoms with Crippen LogP contribution in [0.5, 0.6) is 0 Å². The Hall–Kier alpha value is -3.13. The molecule has 1 aliphatic rings. The number of carbonyl (C=O) groups excluding carboxylic acids is 2. The van der Waals surface area contributed by atoms with Crippen LogP contribution >= 0.6 is 11.8 Å². The van der Waals surface area contributed by atoms with Gasteiger partial charge in [-0.25, -0.2) is 0 Å². The Labute approximate surface area is 165 Å². The van der Waals surface area contributed by atoms with Gasteiger partial charge in [0.05, 0.1) is 17.9 Å². The Morgan fingerprint density at radius 1 is 1.14 bits per heavy atom. The van der Waals surface area contributed by atoms with Gasteiger partial charge in [0.2, 0.25) is 11.7 Å². The second kappa shape index (κ2) is 8.26. The molecule has 3 aromatic rings. The Bertz CT molecular complexity index is 990. The fourth-order valence-corrected chi connectivity index (χ4v) is 3.77. The molecule has 1 amide bonds. The molecule has 2 heterocycles. The van der Waals surface area contributed by atoms with Crippen LogP contribution in [-0.4, -0.2) is 34.3 Å². The third-order valence-corrected chi connectivity index (χ3v) is 5.25. The molecule has 0 radical (unpaired) electrons. The molecular formula is C20H17N3O4S. The number of para-hydroxylation sites is 1. The SMILES string of the molecule is O=C(CCN1C(=O)CSc2ccccc21)OCc1nc(-c2ccccc2)no1. The minimum Gasteiger partial charge on any atom is -0.456 e. The van der Waals surface area contributed by atoms with E-state index in [2.05, 4.69) is 10.1 Å². The summed E-state index contributed by atoms with van der Waals surface area (Å²) in [5.41, 5.74) is 1.66. The number of rotatable bonds is 6. The number of amides is 1. The summed E-state index contributed by atoms with van der Waals surface area (Å²) in [5.74, 6) is 0.600. The molecule has 0 fully saturated rings. The van der Waals surface area contributed by atoms with Crippen LogP contribution in [0, 0.1) is 0 Å². The second-order valence-electron chi connectivity index (χ2n) is 6.09. The van der Waals surface area contributed by atoms with Crippen molar-refractivity contribution in [3.05, 3.63) is 60.5 Å². The average Bonchev–Trinajstić information content (AvgIpc) is 3.21. The van der Waals surface area contributed by atoms with Gasteiger partial charge in [-0.2, -0.15) is 4.98 Å². The summed E-state index contributed by atoms with van der Waals surface area (Å²) < 4.78 is 10.3. The molecule has 0 bridgehead atoms. The largest absolute Gasteiger partial charge is 0.456 e. The topological polar surface area (TPSA) is 85.5 Å². The minimum absolute atomic E-state index is 0.0131. The van der Waals surface area contributed by atoms with Crippen LogP contribution in [0.25, 0.3) is 11.4 Å². The van der Waals surface area contributed by atoms with E-state index in [1.54, 1.807) is 4.90 Å². The van der Waals surface area contributed by atoms with Gasteiger partial charge in [0.1, 0.15) is 0 Å². The molecule has 28 heavy (non-hydrogen) atoms. The first kappa shape index (κ1) is 18.2. The molecule has 0 atom stereocenters. The fourth-order valence-electron chi connectivity index (χ4n) is 2.83. The first-order chi connectivity index (χ1) is 13.7. The summed E-state index contributed by atoms with van der Waals surface area (Å²) in [5, 5.41) is 3.89. The standard InChI is InChI=1S/C20H17N3O4S/c24-18-13-28-16-9-5-4-8-15(16)23(18)11-10-19(25)26-12-17-21-20(22-27-17)14-6-2-1-3-7-14/h1-9H,10-13H2. The van der Waals surface area contributed by atoms with E-state index in [4.69, 9.17) is 9.26 Å². The van der Waals surface area contributed by atoms with E-state index in [9.17, 15) is 9.59 Å². The van der Waals surface area contributed by atoms with Gasteiger partial charge in [0, 0.05) is 17.0 Å². The molecule has 4 rings (SSSR count). The van der Waals surface area contributed by atoms with E-state index in [1.165, 1.54) is 11.8 Å². The number of ether oxygens (including phenoxy) is 1. The number of nitrogens with zero attached hydrogens (tertiary/aromatic N) is 3. The number of thioether (sulfide) groups is 1. The first-order valence-electron chi connectivity index (χ1n) is 8.76. The Morgan fingerprint density at radius 2 is 1.93 bits per heavy atom. The van der Waals surface area contributed by atoms with Gasteiger partial charge in [0.15, 0.2) is 6.61 Å². The number of fused-ring (bicyclic) bond motifs is 1. The molecule has 7 nitrogen and oxygen atoms in total. The van der Waals surface area contributed by atoms with Crippen molar-refractivity contribution in [2.75, 3.05) is 17.2 Å². The number of benzene rings is 2. The number of carbonyl (C=O) groups is 2.